The van der Waals surface area contributed by atoms with Crippen LogP contribution in [0.3, 0.4) is 0 Å². The molecule has 1 aromatic carbocycles. The van der Waals surface area contributed by atoms with Crippen LogP contribution in [0.25, 0.3) is 0 Å². The fraction of sp³-hybridized carbons (Fsp3) is 0.538. The first kappa shape index (κ1) is 14.2. The van der Waals surface area contributed by atoms with Gasteiger partial charge in [0, 0.05) is 6.04 Å². The summed E-state index contributed by atoms with van der Waals surface area (Å²) in [5.74, 6) is 0.363. The highest BCUT2D eigenvalue weighted by Crippen LogP contribution is 2.13. The number of aryl methyl sites for hydroxylation is 1. The Morgan fingerprint density at radius 3 is 2.53 bits per heavy atom. The van der Waals surface area contributed by atoms with E-state index in [0.29, 0.717) is 6.42 Å². The van der Waals surface area contributed by atoms with Crippen LogP contribution in [0.5, 0.6) is 0 Å². The van der Waals surface area contributed by atoms with Crippen molar-refractivity contribution >= 4 is 9.84 Å². The summed E-state index contributed by atoms with van der Waals surface area (Å²) in [6.45, 7) is 3.83. The minimum Gasteiger partial charge on any atom is -0.328 e. The molecule has 0 aromatic heterocycles. The summed E-state index contributed by atoms with van der Waals surface area (Å²) in [5, 5.41) is 0. The Morgan fingerprint density at radius 1 is 1.29 bits per heavy atom. The third kappa shape index (κ3) is 5.33. The van der Waals surface area contributed by atoms with Crippen molar-refractivity contribution in [1.29, 1.82) is 0 Å². The summed E-state index contributed by atoms with van der Waals surface area (Å²) in [6, 6.07) is 7.68. The van der Waals surface area contributed by atoms with Gasteiger partial charge in [0.25, 0.3) is 0 Å². The lowest BCUT2D eigenvalue weighted by Gasteiger charge is -2.08. The average molecular weight is 255 g/mol. The molecule has 1 unspecified atom stereocenters. The number of hydrogen-bond acceptors (Lipinski definition) is 3. The average Bonchev–Trinajstić information content (AvgIpc) is 2.20. The van der Waals surface area contributed by atoms with Gasteiger partial charge in [-0.05, 0) is 37.8 Å². The van der Waals surface area contributed by atoms with Gasteiger partial charge in [-0.1, -0.05) is 24.3 Å². The van der Waals surface area contributed by atoms with Crippen LogP contribution in [0.2, 0.25) is 0 Å². The lowest BCUT2D eigenvalue weighted by molar-refractivity contribution is 0.584. The van der Waals surface area contributed by atoms with Crippen LogP contribution in [0, 0.1) is 6.92 Å². The van der Waals surface area contributed by atoms with E-state index in [-0.39, 0.29) is 17.5 Å². The summed E-state index contributed by atoms with van der Waals surface area (Å²) in [6.07, 6.45) is 1.40. The molecule has 4 heteroatoms. The SMILES string of the molecule is Cc1ccccc1CS(=O)(=O)CCCC(C)N. The smallest absolute Gasteiger partial charge is 0.154 e. The quantitative estimate of drug-likeness (QED) is 0.846. The van der Waals surface area contributed by atoms with E-state index >= 15 is 0 Å². The Kier molecular flexibility index (Phi) is 5.15. The predicted octanol–water partition coefficient (Wildman–Crippen LogP) is 2.04. The first-order valence-electron chi connectivity index (χ1n) is 5.91. The minimum atomic E-state index is -3.01. The third-order valence-electron chi connectivity index (χ3n) is 2.75. The molecule has 0 heterocycles. The molecule has 17 heavy (non-hydrogen) atoms. The molecule has 1 atom stereocenters. The van der Waals surface area contributed by atoms with Gasteiger partial charge in [0.05, 0.1) is 11.5 Å². The predicted molar refractivity (Wildman–Crippen MR) is 71.6 cm³/mol. The first-order valence-corrected chi connectivity index (χ1v) is 7.73. The van der Waals surface area contributed by atoms with E-state index in [9.17, 15) is 8.42 Å². The lowest BCUT2D eigenvalue weighted by atomic mass is 10.1. The Balaban J connectivity index is 2.58. The fourth-order valence-corrected chi connectivity index (χ4v) is 3.25. The molecule has 0 aliphatic carbocycles. The Hall–Kier alpha value is -0.870. The number of hydrogen-bond donors (Lipinski definition) is 1. The molecule has 0 bridgehead atoms. The van der Waals surface area contributed by atoms with Crippen LogP contribution in [0.1, 0.15) is 30.9 Å². The maximum absolute atomic E-state index is 11.9. The monoisotopic (exact) mass is 255 g/mol. The molecule has 0 aliphatic rings. The molecular formula is C13H21NO2S. The molecule has 0 aliphatic heterocycles. The summed E-state index contributed by atoms with van der Waals surface area (Å²) >= 11 is 0. The van der Waals surface area contributed by atoms with E-state index in [1.807, 2.05) is 38.1 Å². The van der Waals surface area contributed by atoms with Crippen LogP contribution in [0.4, 0.5) is 0 Å². The highest BCUT2D eigenvalue weighted by Gasteiger charge is 2.13. The first-order chi connectivity index (χ1) is 7.91. The van der Waals surface area contributed by atoms with Crippen molar-refractivity contribution in [3.8, 4) is 0 Å². The van der Waals surface area contributed by atoms with E-state index in [0.717, 1.165) is 17.5 Å². The van der Waals surface area contributed by atoms with Crippen LogP contribution in [-0.4, -0.2) is 20.2 Å². The molecule has 0 saturated carbocycles. The molecule has 1 rings (SSSR count). The highest BCUT2D eigenvalue weighted by atomic mass is 32.2. The zero-order valence-corrected chi connectivity index (χ0v) is 11.3. The summed E-state index contributed by atoms with van der Waals surface area (Å²) < 4.78 is 23.8. The van der Waals surface area contributed by atoms with Gasteiger partial charge in [-0.25, -0.2) is 8.42 Å². The molecule has 3 nitrogen and oxygen atoms in total. The van der Waals surface area contributed by atoms with E-state index < -0.39 is 9.84 Å². The van der Waals surface area contributed by atoms with E-state index in [2.05, 4.69) is 0 Å². The van der Waals surface area contributed by atoms with E-state index in [4.69, 9.17) is 5.73 Å². The van der Waals surface area contributed by atoms with E-state index in [1.54, 1.807) is 0 Å². The van der Waals surface area contributed by atoms with Crippen LogP contribution >= 0.6 is 0 Å². The van der Waals surface area contributed by atoms with Gasteiger partial charge in [0.2, 0.25) is 0 Å². The molecular weight excluding hydrogens is 234 g/mol. The van der Waals surface area contributed by atoms with Gasteiger partial charge in [-0.2, -0.15) is 0 Å². The number of rotatable bonds is 6. The third-order valence-corrected chi connectivity index (χ3v) is 4.41. The van der Waals surface area contributed by atoms with Crippen molar-refractivity contribution in [3.63, 3.8) is 0 Å². The van der Waals surface area contributed by atoms with Gasteiger partial charge in [-0.15, -0.1) is 0 Å². The minimum absolute atomic E-state index is 0.0728. The number of benzene rings is 1. The molecule has 0 radical (unpaired) electrons. The number of nitrogens with two attached hydrogens (primary N) is 1. The lowest BCUT2D eigenvalue weighted by Crippen LogP contribution is -2.17. The standard InChI is InChI=1S/C13H21NO2S/c1-11-6-3-4-8-13(11)10-17(15,16)9-5-7-12(2)14/h3-4,6,8,12H,5,7,9-10,14H2,1-2H3. The Labute approximate surface area is 104 Å². The van der Waals surface area contributed by atoms with Crippen molar-refractivity contribution in [3.05, 3.63) is 35.4 Å². The van der Waals surface area contributed by atoms with Gasteiger partial charge in [0.1, 0.15) is 0 Å². The van der Waals surface area contributed by atoms with Crippen molar-refractivity contribution < 1.29 is 8.42 Å². The van der Waals surface area contributed by atoms with Crippen molar-refractivity contribution in [2.75, 3.05) is 5.75 Å². The van der Waals surface area contributed by atoms with Gasteiger partial charge in [-0.3, -0.25) is 0 Å². The summed E-state index contributed by atoms with van der Waals surface area (Å²) in [4.78, 5) is 0. The zero-order valence-electron chi connectivity index (χ0n) is 10.5. The largest absolute Gasteiger partial charge is 0.328 e. The van der Waals surface area contributed by atoms with Crippen molar-refractivity contribution in [2.24, 2.45) is 5.73 Å². The highest BCUT2D eigenvalue weighted by molar-refractivity contribution is 7.90. The molecule has 96 valence electrons. The van der Waals surface area contributed by atoms with Crippen molar-refractivity contribution in [2.45, 2.75) is 38.5 Å². The molecule has 0 saturated heterocycles. The van der Waals surface area contributed by atoms with Crippen LogP contribution < -0.4 is 5.73 Å². The van der Waals surface area contributed by atoms with Gasteiger partial charge >= 0.3 is 0 Å². The maximum Gasteiger partial charge on any atom is 0.154 e. The normalized spacial score (nSPS) is 13.6. The molecule has 0 spiro atoms. The Morgan fingerprint density at radius 2 is 1.94 bits per heavy atom. The fourth-order valence-electron chi connectivity index (χ4n) is 1.71. The van der Waals surface area contributed by atoms with Crippen molar-refractivity contribution in [1.82, 2.24) is 0 Å². The van der Waals surface area contributed by atoms with Gasteiger partial charge < -0.3 is 5.73 Å². The van der Waals surface area contributed by atoms with E-state index in [1.165, 1.54) is 0 Å². The second-order valence-electron chi connectivity index (χ2n) is 4.64. The maximum atomic E-state index is 11.9. The summed E-state index contributed by atoms with van der Waals surface area (Å²) in [5.41, 5.74) is 7.53. The number of sulfone groups is 1. The Bertz CT molecular complexity index is 452. The molecule has 1 aromatic rings. The molecule has 0 amide bonds. The molecule has 2 N–H and O–H groups in total. The summed E-state index contributed by atoms with van der Waals surface area (Å²) in [7, 11) is -3.01. The van der Waals surface area contributed by atoms with Crippen LogP contribution in [-0.2, 0) is 15.6 Å². The van der Waals surface area contributed by atoms with Gasteiger partial charge in [0.15, 0.2) is 9.84 Å². The topological polar surface area (TPSA) is 60.2 Å². The second kappa shape index (κ2) is 6.17. The second-order valence-corrected chi connectivity index (χ2v) is 6.82. The zero-order chi connectivity index (χ0) is 12.9. The molecule has 0 fully saturated rings. The van der Waals surface area contributed by atoms with Crippen LogP contribution in [0.15, 0.2) is 24.3 Å².